The van der Waals surface area contributed by atoms with Gasteiger partial charge in [0.05, 0.1) is 12.4 Å². The Hall–Kier alpha value is -1.65. The van der Waals surface area contributed by atoms with Crippen molar-refractivity contribution in [3.63, 3.8) is 0 Å². The fraction of sp³-hybridized carbons (Fsp3) is 0.235. The molecule has 0 aromatic heterocycles. The molecule has 0 spiro atoms. The number of anilines is 1. The summed E-state index contributed by atoms with van der Waals surface area (Å²) < 4.78 is 5.14. The smallest absolute Gasteiger partial charge is 0.237 e. The van der Waals surface area contributed by atoms with E-state index < -0.39 is 0 Å². The molecule has 0 radical (unpaired) electrons. The van der Waals surface area contributed by atoms with Crippen LogP contribution in [-0.2, 0) is 10.5 Å². The number of nitrogens with one attached hydrogen (secondary N) is 1. The maximum absolute atomic E-state index is 12.2. The summed E-state index contributed by atoms with van der Waals surface area (Å²) in [6.07, 6.45) is 0. The van der Waals surface area contributed by atoms with Crippen LogP contribution in [0.4, 0.5) is 5.69 Å². The van der Waals surface area contributed by atoms with Gasteiger partial charge >= 0.3 is 0 Å². The first-order chi connectivity index (χ1) is 10.6. The van der Waals surface area contributed by atoms with Gasteiger partial charge in [-0.1, -0.05) is 29.8 Å². The van der Waals surface area contributed by atoms with E-state index in [4.69, 9.17) is 16.3 Å². The summed E-state index contributed by atoms with van der Waals surface area (Å²) in [5.74, 6) is 1.47. The van der Waals surface area contributed by atoms with Crippen molar-refractivity contribution in [2.24, 2.45) is 0 Å². The minimum atomic E-state index is -0.151. The molecule has 0 bridgehead atoms. The van der Waals surface area contributed by atoms with E-state index in [1.165, 1.54) is 0 Å². The lowest BCUT2D eigenvalue weighted by atomic mass is 10.2. The van der Waals surface area contributed by atoms with Gasteiger partial charge in [-0.3, -0.25) is 4.79 Å². The molecule has 1 N–H and O–H groups in total. The highest BCUT2D eigenvalue weighted by molar-refractivity contribution is 7.99. The van der Waals surface area contributed by atoms with E-state index in [2.05, 4.69) is 5.32 Å². The zero-order chi connectivity index (χ0) is 15.9. The molecule has 0 saturated carbocycles. The molecule has 0 unspecified atom stereocenters. The molecule has 2 aromatic rings. The van der Waals surface area contributed by atoms with E-state index in [0.29, 0.717) is 0 Å². The summed E-state index contributed by atoms with van der Waals surface area (Å²) >= 11 is 7.44. The van der Waals surface area contributed by atoms with Crippen LogP contribution in [0.25, 0.3) is 0 Å². The largest absolute Gasteiger partial charge is 0.497 e. The molecule has 22 heavy (non-hydrogen) atoms. The average molecular weight is 336 g/mol. The number of methoxy groups -OCH3 is 1. The minimum absolute atomic E-state index is 0.0211. The third-order valence-electron chi connectivity index (χ3n) is 3.12. The third kappa shape index (κ3) is 4.97. The second-order valence-electron chi connectivity index (χ2n) is 4.80. The highest BCUT2D eigenvalue weighted by Gasteiger charge is 2.14. The highest BCUT2D eigenvalue weighted by atomic mass is 35.5. The zero-order valence-corrected chi connectivity index (χ0v) is 14.1. The third-order valence-corrected chi connectivity index (χ3v) is 4.59. The molecule has 0 aliphatic carbocycles. The minimum Gasteiger partial charge on any atom is -0.497 e. The monoisotopic (exact) mass is 335 g/mol. The van der Waals surface area contributed by atoms with Crippen LogP contribution in [0.2, 0.25) is 5.02 Å². The Morgan fingerprint density at radius 3 is 2.68 bits per heavy atom. The summed E-state index contributed by atoms with van der Waals surface area (Å²) in [5.41, 5.74) is 1.89. The van der Waals surface area contributed by atoms with Crippen molar-refractivity contribution in [1.29, 1.82) is 0 Å². The van der Waals surface area contributed by atoms with Gasteiger partial charge in [0.15, 0.2) is 0 Å². The lowest BCUT2D eigenvalue weighted by Crippen LogP contribution is -2.22. The molecule has 0 fully saturated rings. The second kappa shape index (κ2) is 8.11. The van der Waals surface area contributed by atoms with E-state index >= 15 is 0 Å². The number of hydrogen-bond acceptors (Lipinski definition) is 3. The molecule has 0 aliphatic rings. The summed E-state index contributed by atoms with van der Waals surface area (Å²) in [5, 5.41) is 3.47. The number of ether oxygens (including phenoxy) is 1. The van der Waals surface area contributed by atoms with E-state index in [0.717, 1.165) is 27.8 Å². The second-order valence-corrected chi connectivity index (χ2v) is 6.57. The van der Waals surface area contributed by atoms with Crippen molar-refractivity contribution >= 4 is 35.0 Å². The molecule has 0 saturated heterocycles. The van der Waals surface area contributed by atoms with Crippen molar-refractivity contribution in [1.82, 2.24) is 0 Å². The number of halogens is 1. The molecule has 5 heteroatoms. The van der Waals surface area contributed by atoms with Gasteiger partial charge in [-0.15, -0.1) is 11.8 Å². The maximum Gasteiger partial charge on any atom is 0.237 e. The molecule has 2 rings (SSSR count). The van der Waals surface area contributed by atoms with E-state index in [-0.39, 0.29) is 11.2 Å². The van der Waals surface area contributed by atoms with Crippen molar-refractivity contribution in [3.8, 4) is 5.75 Å². The van der Waals surface area contributed by atoms with Gasteiger partial charge in [0.1, 0.15) is 5.75 Å². The van der Waals surface area contributed by atoms with Crippen LogP contribution >= 0.6 is 23.4 Å². The molecule has 1 atom stereocenters. The molecule has 2 aromatic carbocycles. The number of carbonyl (C=O) groups is 1. The molecular formula is C17H18ClNO2S. The van der Waals surface area contributed by atoms with Crippen molar-refractivity contribution in [2.45, 2.75) is 17.9 Å². The van der Waals surface area contributed by atoms with Gasteiger partial charge in [0.2, 0.25) is 5.91 Å². The van der Waals surface area contributed by atoms with E-state index in [1.807, 2.05) is 49.4 Å². The Kier molecular flexibility index (Phi) is 6.16. The number of hydrogen-bond donors (Lipinski definition) is 1. The quantitative estimate of drug-likeness (QED) is 0.837. The van der Waals surface area contributed by atoms with Gasteiger partial charge in [0, 0.05) is 22.5 Å². The zero-order valence-electron chi connectivity index (χ0n) is 12.5. The Morgan fingerprint density at radius 1 is 1.27 bits per heavy atom. The SMILES string of the molecule is COc1cccc(NC(=O)[C@H](C)SCc2ccc(Cl)cc2)c1. The number of carbonyl (C=O) groups excluding carboxylic acids is 1. The Bertz CT molecular complexity index is 631. The fourth-order valence-corrected chi connectivity index (χ4v) is 2.79. The molecule has 0 heterocycles. The van der Waals surface area contributed by atoms with Crippen LogP contribution < -0.4 is 10.1 Å². The standard InChI is InChI=1S/C17H18ClNO2S/c1-12(22-11-13-6-8-14(18)9-7-13)17(20)19-15-4-3-5-16(10-15)21-2/h3-10,12H,11H2,1-2H3,(H,19,20)/t12-/m0/s1. The van der Waals surface area contributed by atoms with Crippen LogP contribution in [0.5, 0.6) is 5.75 Å². The number of benzene rings is 2. The van der Waals surface area contributed by atoms with Crippen LogP contribution in [-0.4, -0.2) is 18.3 Å². The first-order valence-corrected chi connectivity index (χ1v) is 8.32. The summed E-state index contributed by atoms with van der Waals surface area (Å²) in [6.45, 7) is 1.90. The maximum atomic E-state index is 12.2. The van der Waals surface area contributed by atoms with Crippen LogP contribution in [0.1, 0.15) is 12.5 Å². The molecule has 1 amide bonds. The van der Waals surface area contributed by atoms with Crippen molar-refractivity contribution in [2.75, 3.05) is 12.4 Å². The van der Waals surface area contributed by atoms with Crippen LogP contribution in [0.15, 0.2) is 48.5 Å². The van der Waals surface area contributed by atoms with Crippen molar-refractivity contribution in [3.05, 3.63) is 59.1 Å². The summed E-state index contributed by atoms with van der Waals surface area (Å²) in [6, 6.07) is 15.0. The van der Waals surface area contributed by atoms with Crippen LogP contribution in [0, 0.1) is 0 Å². The normalized spacial score (nSPS) is 11.8. The lowest BCUT2D eigenvalue weighted by molar-refractivity contribution is -0.115. The van der Waals surface area contributed by atoms with Gasteiger partial charge < -0.3 is 10.1 Å². The summed E-state index contributed by atoms with van der Waals surface area (Å²) in [4.78, 5) is 12.2. The number of amides is 1. The highest BCUT2D eigenvalue weighted by Crippen LogP contribution is 2.22. The van der Waals surface area contributed by atoms with Gasteiger partial charge in [-0.05, 0) is 36.8 Å². The van der Waals surface area contributed by atoms with Crippen molar-refractivity contribution < 1.29 is 9.53 Å². The Morgan fingerprint density at radius 2 is 2.00 bits per heavy atom. The molecule has 3 nitrogen and oxygen atoms in total. The van der Waals surface area contributed by atoms with E-state index in [9.17, 15) is 4.79 Å². The predicted octanol–water partition coefficient (Wildman–Crippen LogP) is 4.61. The van der Waals surface area contributed by atoms with Gasteiger partial charge in [0.25, 0.3) is 0 Å². The topological polar surface area (TPSA) is 38.3 Å². The predicted molar refractivity (Wildman–Crippen MR) is 93.8 cm³/mol. The van der Waals surface area contributed by atoms with Crippen LogP contribution in [0.3, 0.4) is 0 Å². The first-order valence-electron chi connectivity index (χ1n) is 6.89. The molecular weight excluding hydrogens is 318 g/mol. The lowest BCUT2D eigenvalue weighted by Gasteiger charge is -2.12. The fourth-order valence-electron chi connectivity index (χ4n) is 1.82. The number of rotatable bonds is 6. The molecule has 0 aliphatic heterocycles. The number of thioether (sulfide) groups is 1. The summed E-state index contributed by atoms with van der Waals surface area (Å²) in [7, 11) is 1.60. The van der Waals surface area contributed by atoms with E-state index in [1.54, 1.807) is 24.9 Å². The Labute approximate surface area is 140 Å². The first kappa shape index (κ1) is 16.7. The molecule has 116 valence electrons. The van der Waals surface area contributed by atoms with Gasteiger partial charge in [-0.2, -0.15) is 0 Å². The Balaban J connectivity index is 1.87. The average Bonchev–Trinajstić information content (AvgIpc) is 2.54. The van der Waals surface area contributed by atoms with Gasteiger partial charge in [-0.25, -0.2) is 0 Å².